The van der Waals surface area contributed by atoms with Crippen molar-refractivity contribution < 1.29 is 38.4 Å². The Bertz CT molecular complexity index is 1230. The fourth-order valence-electron chi connectivity index (χ4n) is 3.71. The number of benzene rings is 1. The van der Waals surface area contributed by atoms with Crippen LogP contribution in [0.3, 0.4) is 0 Å². The van der Waals surface area contributed by atoms with E-state index in [2.05, 4.69) is 15.4 Å². The molecule has 1 aliphatic heterocycles. The standard InChI is InChI=1S/C21H21F2N5O6S/c1-28-17(14-6-5-12(29)13(30)8-34-14)11(7-24-28)25-18(31)16-20(27-21(32)33)35-19(26-16)15-9(22)3-2-4-10(15)23/h2-4,7,12-14,27,29-30H,5-6,8H2,1H3,(H,25,31)(H,32,33). The van der Waals surface area contributed by atoms with Gasteiger partial charge in [0.2, 0.25) is 0 Å². The molecular weight excluding hydrogens is 488 g/mol. The van der Waals surface area contributed by atoms with E-state index in [1.54, 1.807) is 7.05 Å². The van der Waals surface area contributed by atoms with Crippen molar-refractivity contribution in [3.8, 4) is 10.6 Å². The molecule has 0 aliphatic carbocycles. The lowest BCUT2D eigenvalue weighted by atomic mass is 10.1. The zero-order valence-corrected chi connectivity index (χ0v) is 19.1. The molecular formula is C21H21F2N5O6S. The van der Waals surface area contributed by atoms with E-state index in [0.717, 1.165) is 12.1 Å². The van der Waals surface area contributed by atoms with Gasteiger partial charge in [0.1, 0.15) is 33.9 Å². The molecule has 3 heterocycles. The lowest BCUT2D eigenvalue weighted by Gasteiger charge is -2.17. The summed E-state index contributed by atoms with van der Waals surface area (Å²) in [5, 5.41) is 37.2. The molecule has 4 rings (SSSR count). The van der Waals surface area contributed by atoms with Gasteiger partial charge in [0.25, 0.3) is 5.91 Å². The third-order valence-electron chi connectivity index (χ3n) is 5.41. The molecule has 1 fully saturated rings. The average Bonchev–Trinajstić information content (AvgIpc) is 3.31. The normalized spacial score (nSPS) is 20.3. The average molecular weight is 509 g/mol. The van der Waals surface area contributed by atoms with Gasteiger partial charge in [0.05, 0.1) is 35.9 Å². The van der Waals surface area contributed by atoms with E-state index >= 15 is 0 Å². The minimum absolute atomic E-state index is 0.124. The van der Waals surface area contributed by atoms with Crippen LogP contribution < -0.4 is 10.6 Å². The van der Waals surface area contributed by atoms with Gasteiger partial charge in [-0.05, 0) is 25.0 Å². The number of anilines is 2. The van der Waals surface area contributed by atoms with Crippen LogP contribution in [0.15, 0.2) is 24.4 Å². The number of carbonyl (C=O) groups excluding carboxylic acids is 1. The van der Waals surface area contributed by atoms with E-state index in [-0.39, 0.29) is 28.7 Å². The number of aliphatic hydroxyl groups is 2. The van der Waals surface area contributed by atoms with Crippen LogP contribution in [0.1, 0.15) is 35.1 Å². The summed E-state index contributed by atoms with van der Waals surface area (Å²) in [7, 11) is 1.62. The molecule has 5 N–H and O–H groups in total. The molecule has 3 atom stereocenters. The summed E-state index contributed by atoms with van der Waals surface area (Å²) in [5.41, 5.74) is -0.210. The van der Waals surface area contributed by atoms with Crippen LogP contribution in [-0.2, 0) is 11.8 Å². The van der Waals surface area contributed by atoms with Gasteiger partial charge in [-0.3, -0.25) is 14.8 Å². The molecule has 35 heavy (non-hydrogen) atoms. The number of aromatic nitrogens is 3. The first-order valence-corrected chi connectivity index (χ1v) is 11.2. The van der Waals surface area contributed by atoms with Crippen LogP contribution in [0.5, 0.6) is 0 Å². The van der Waals surface area contributed by atoms with Gasteiger partial charge in [-0.15, -0.1) is 0 Å². The molecule has 11 nitrogen and oxygen atoms in total. The Morgan fingerprint density at radius 3 is 2.57 bits per heavy atom. The number of aryl methyl sites for hydroxylation is 1. The van der Waals surface area contributed by atoms with E-state index < -0.39 is 53.2 Å². The first-order valence-electron chi connectivity index (χ1n) is 10.4. The van der Waals surface area contributed by atoms with Gasteiger partial charge in [-0.25, -0.2) is 18.6 Å². The van der Waals surface area contributed by atoms with Gasteiger partial charge in [0, 0.05) is 7.05 Å². The van der Waals surface area contributed by atoms with Crippen molar-refractivity contribution in [1.29, 1.82) is 0 Å². The number of carboxylic acid groups (broad SMARTS) is 1. The van der Waals surface area contributed by atoms with Crippen molar-refractivity contribution in [3.63, 3.8) is 0 Å². The van der Waals surface area contributed by atoms with E-state index in [1.807, 2.05) is 5.32 Å². The van der Waals surface area contributed by atoms with Crippen molar-refractivity contribution >= 4 is 34.0 Å². The second-order valence-electron chi connectivity index (χ2n) is 7.78. The number of aliphatic hydroxyl groups excluding tert-OH is 2. The first-order chi connectivity index (χ1) is 16.7. The molecule has 0 spiro atoms. The van der Waals surface area contributed by atoms with Crippen LogP contribution in [0.25, 0.3) is 10.6 Å². The van der Waals surface area contributed by atoms with Crippen molar-refractivity contribution in [1.82, 2.24) is 14.8 Å². The summed E-state index contributed by atoms with van der Waals surface area (Å²) in [5.74, 6) is -2.69. The number of nitrogens with zero attached hydrogens (tertiary/aromatic N) is 3. The number of amides is 2. The van der Waals surface area contributed by atoms with Gasteiger partial charge in [0.15, 0.2) is 5.69 Å². The van der Waals surface area contributed by atoms with Crippen LogP contribution >= 0.6 is 11.3 Å². The minimum atomic E-state index is -1.49. The smallest absolute Gasteiger partial charge is 0.409 e. The second-order valence-corrected chi connectivity index (χ2v) is 8.78. The maximum atomic E-state index is 14.3. The molecule has 3 aromatic rings. The van der Waals surface area contributed by atoms with E-state index in [4.69, 9.17) is 9.84 Å². The number of thiazole rings is 1. The summed E-state index contributed by atoms with van der Waals surface area (Å²) in [6.07, 6.45) is -2.18. The summed E-state index contributed by atoms with van der Waals surface area (Å²) < 4.78 is 35.7. The fraction of sp³-hybridized carbons (Fsp3) is 0.333. The number of nitrogens with one attached hydrogen (secondary N) is 2. The first kappa shape index (κ1) is 24.7. The largest absolute Gasteiger partial charge is 0.465 e. The summed E-state index contributed by atoms with van der Waals surface area (Å²) in [6.45, 7) is -0.124. The van der Waals surface area contributed by atoms with Crippen molar-refractivity contribution in [3.05, 3.63) is 47.4 Å². The summed E-state index contributed by atoms with van der Waals surface area (Å²) in [4.78, 5) is 28.4. The SMILES string of the molecule is Cn1ncc(NC(=O)c2nc(-c3c(F)cccc3F)sc2NC(=O)O)c1C1CCC(O)C(O)CO1. The van der Waals surface area contributed by atoms with Gasteiger partial charge in [-0.1, -0.05) is 17.4 Å². The van der Waals surface area contributed by atoms with E-state index in [0.29, 0.717) is 23.5 Å². The maximum absolute atomic E-state index is 14.3. The molecule has 14 heteroatoms. The number of hydrogen-bond donors (Lipinski definition) is 5. The van der Waals surface area contributed by atoms with Gasteiger partial charge in [-0.2, -0.15) is 5.10 Å². The number of hydrogen-bond acceptors (Lipinski definition) is 8. The summed E-state index contributed by atoms with van der Waals surface area (Å²) >= 11 is 0.604. The highest BCUT2D eigenvalue weighted by Gasteiger charge is 2.30. The number of halogens is 2. The quantitative estimate of drug-likeness (QED) is 0.351. The topological polar surface area (TPSA) is 159 Å². The van der Waals surface area contributed by atoms with Crippen LogP contribution in [0.2, 0.25) is 0 Å². The van der Waals surface area contributed by atoms with Crippen LogP contribution in [0, 0.1) is 11.6 Å². The molecule has 0 saturated carbocycles. The lowest BCUT2D eigenvalue weighted by molar-refractivity contribution is -0.0360. The molecule has 1 aromatic carbocycles. The minimum Gasteiger partial charge on any atom is -0.465 e. The van der Waals surface area contributed by atoms with Crippen LogP contribution in [-0.4, -0.2) is 60.9 Å². The van der Waals surface area contributed by atoms with Gasteiger partial charge >= 0.3 is 6.09 Å². The maximum Gasteiger partial charge on any atom is 0.409 e. The highest BCUT2D eigenvalue weighted by molar-refractivity contribution is 7.19. The predicted molar refractivity (Wildman–Crippen MR) is 120 cm³/mol. The zero-order chi connectivity index (χ0) is 25.3. The zero-order valence-electron chi connectivity index (χ0n) is 18.2. The van der Waals surface area contributed by atoms with Crippen LogP contribution in [0.4, 0.5) is 24.3 Å². The highest BCUT2D eigenvalue weighted by Crippen LogP contribution is 2.36. The Morgan fingerprint density at radius 2 is 1.89 bits per heavy atom. The number of rotatable bonds is 5. The molecule has 1 saturated heterocycles. The lowest BCUT2D eigenvalue weighted by Crippen LogP contribution is -2.27. The number of ether oxygens (including phenoxy) is 1. The van der Waals surface area contributed by atoms with Crippen molar-refractivity contribution in [2.24, 2.45) is 7.05 Å². The Balaban J connectivity index is 1.66. The molecule has 2 amide bonds. The Morgan fingerprint density at radius 1 is 1.17 bits per heavy atom. The molecule has 1 aliphatic rings. The Labute approximate surface area is 201 Å². The molecule has 0 bridgehead atoms. The highest BCUT2D eigenvalue weighted by atomic mass is 32.1. The Kier molecular flexibility index (Phi) is 7.07. The molecule has 3 unspecified atom stereocenters. The molecule has 2 aromatic heterocycles. The second kappa shape index (κ2) is 10.0. The molecule has 186 valence electrons. The fourth-order valence-corrected chi connectivity index (χ4v) is 4.71. The van der Waals surface area contributed by atoms with Gasteiger partial charge < -0.3 is 25.4 Å². The monoisotopic (exact) mass is 509 g/mol. The van der Waals surface area contributed by atoms with Crippen molar-refractivity contribution in [2.75, 3.05) is 17.2 Å². The molecule has 0 radical (unpaired) electrons. The Hall–Kier alpha value is -3.46. The predicted octanol–water partition coefficient (Wildman–Crippen LogP) is 2.74. The van der Waals surface area contributed by atoms with E-state index in [9.17, 15) is 28.6 Å². The number of carbonyl (C=O) groups is 2. The third-order valence-corrected chi connectivity index (χ3v) is 6.40. The third kappa shape index (κ3) is 5.14. The van der Waals surface area contributed by atoms with Crippen molar-refractivity contribution in [2.45, 2.75) is 31.2 Å². The summed E-state index contributed by atoms with van der Waals surface area (Å²) in [6, 6.07) is 3.21. The van der Waals surface area contributed by atoms with E-state index in [1.165, 1.54) is 16.9 Å².